The average Bonchev–Trinajstić information content (AvgIpc) is 0.918. The first-order valence-corrected chi connectivity index (χ1v) is 2.10. The Balaban J connectivity index is -0.0000000200. The van der Waals surface area contributed by atoms with Gasteiger partial charge in [0.1, 0.15) is 0 Å². The van der Waals surface area contributed by atoms with Gasteiger partial charge in [0.2, 0.25) is 0 Å². The van der Waals surface area contributed by atoms with Crippen molar-refractivity contribution < 1.29 is 0 Å². The molecule has 0 spiro atoms. The second-order valence-electron chi connectivity index (χ2n) is 0.267. The van der Waals surface area contributed by atoms with E-state index in [0.29, 0.717) is 0 Å². The van der Waals surface area contributed by atoms with Crippen molar-refractivity contribution in [1.29, 1.82) is 0 Å². The first-order chi connectivity index (χ1) is 1.41. The Hall–Kier alpha value is 1.44. The second kappa shape index (κ2) is 18.0. The molecule has 0 bridgehead atoms. The van der Waals surface area contributed by atoms with Gasteiger partial charge in [-0.15, -0.1) is 34.0 Å². The summed E-state index contributed by atoms with van der Waals surface area (Å²) < 4.78 is 0. The molecule has 0 N–H and O–H groups in total. The fourth-order valence-electron chi connectivity index (χ4n) is 0. The minimum atomic E-state index is 0. The molecule has 0 aromatic rings. The molecule has 0 aliphatic carbocycles. The van der Waals surface area contributed by atoms with Crippen molar-refractivity contribution in [2.45, 2.75) is 6.92 Å². The lowest BCUT2D eigenvalue weighted by Gasteiger charge is -1.45. The van der Waals surface area contributed by atoms with Gasteiger partial charge in [0.15, 0.2) is 0 Å². The van der Waals surface area contributed by atoms with Crippen molar-refractivity contribution in [2.75, 3.05) is 5.33 Å². The molecule has 3 heteroatoms. The van der Waals surface area contributed by atoms with E-state index in [9.17, 15) is 0 Å². The maximum absolute atomic E-state index is 3.15. The van der Waals surface area contributed by atoms with Crippen LogP contribution in [0.2, 0.25) is 0 Å². The third kappa shape index (κ3) is 31.0. The molecular formula is C2H7Br3. The zero-order valence-electron chi connectivity index (χ0n) is 2.90. The summed E-state index contributed by atoms with van der Waals surface area (Å²) in [6.45, 7) is 2.04. The minimum Gasteiger partial charge on any atom is -0.114 e. The number of hydrogen-bond acceptors (Lipinski definition) is 0. The van der Waals surface area contributed by atoms with Crippen molar-refractivity contribution in [2.24, 2.45) is 0 Å². The number of hydrogen-bond donors (Lipinski definition) is 0. The summed E-state index contributed by atoms with van der Waals surface area (Å²) in [5.41, 5.74) is 0. The predicted octanol–water partition coefficient (Wildman–Crippen LogP) is 2.56. The highest BCUT2D eigenvalue weighted by atomic mass is 79.9. The molecule has 0 aromatic heterocycles. The lowest BCUT2D eigenvalue weighted by atomic mass is 11.0. The zero-order valence-corrected chi connectivity index (χ0v) is 7.91. The van der Waals surface area contributed by atoms with E-state index in [1.54, 1.807) is 0 Å². The number of halogens is 3. The molecule has 0 atom stereocenters. The van der Waals surface area contributed by atoms with Crippen LogP contribution in [0.5, 0.6) is 0 Å². The highest BCUT2D eigenvalue weighted by Crippen LogP contribution is 1.67. The summed E-state index contributed by atoms with van der Waals surface area (Å²) in [5.74, 6) is 0. The molecule has 0 aliphatic heterocycles. The smallest absolute Gasteiger partial charge is 0.000281 e. The lowest BCUT2D eigenvalue weighted by Crippen LogP contribution is -1.34. The molecule has 0 saturated carbocycles. The Morgan fingerprint density at radius 3 is 1.40 bits per heavy atom. The van der Waals surface area contributed by atoms with Crippen molar-refractivity contribution in [1.82, 2.24) is 0 Å². The van der Waals surface area contributed by atoms with Gasteiger partial charge in [-0.3, -0.25) is 0 Å². The van der Waals surface area contributed by atoms with Crippen LogP contribution in [0.4, 0.5) is 0 Å². The van der Waals surface area contributed by atoms with Crippen molar-refractivity contribution >= 4 is 49.9 Å². The minimum absolute atomic E-state index is 0. The fraction of sp³-hybridized carbons (Fsp3) is 1.00. The summed E-state index contributed by atoms with van der Waals surface area (Å²) in [5, 5.41) is 1.06. The third-order valence-corrected chi connectivity index (χ3v) is 0. The van der Waals surface area contributed by atoms with Crippen LogP contribution >= 0.6 is 49.9 Å². The van der Waals surface area contributed by atoms with Crippen LogP contribution in [0.15, 0.2) is 0 Å². The van der Waals surface area contributed by atoms with Crippen LogP contribution in [-0.2, 0) is 0 Å². The lowest BCUT2D eigenvalue weighted by molar-refractivity contribution is 1.56. The molecule has 0 nitrogen and oxygen atoms in total. The largest absolute Gasteiger partial charge is 0.114 e. The van der Waals surface area contributed by atoms with Gasteiger partial charge in [0.05, 0.1) is 0 Å². The number of alkyl halides is 1. The molecule has 0 fully saturated rings. The van der Waals surface area contributed by atoms with Crippen LogP contribution in [0.25, 0.3) is 0 Å². The number of rotatable bonds is 0. The molecular weight excluding hydrogens is 264 g/mol. The molecule has 0 heterocycles. The molecule has 0 amide bonds. The van der Waals surface area contributed by atoms with Crippen molar-refractivity contribution in [3.8, 4) is 0 Å². The summed E-state index contributed by atoms with van der Waals surface area (Å²) >= 11 is 3.15. The Kier molecular flexibility index (Phi) is 58.0. The molecule has 0 aliphatic rings. The van der Waals surface area contributed by atoms with E-state index in [4.69, 9.17) is 0 Å². The maximum atomic E-state index is 3.15. The normalized spacial score (nSPS) is 3.60. The van der Waals surface area contributed by atoms with Crippen LogP contribution in [0.1, 0.15) is 6.92 Å². The summed E-state index contributed by atoms with van der Waals surface area (Å²) in [6, 6.07) is 0. The van der Waals surface area contributed by atoms with Gasteiger partial charge in [-0.1, -0.05) is 22.9 Å². The van der Waals surface area contributed by atoms with Crippen LogP contribution < -0.4 is 0 Å². The first-order valence-electron chi connectivity index (χ1n) is 0.974. The SMILES string of the molecule is Br.Br.CCBr. The summed E-state index contributed by atoms with van der Waals surface area (Å²) in [4.78, 5) is 0. The van der Waals surface area contributed by atoms with Crippen LogP contribution in [0, 0.1) is 0 Å². The van der Waals surface area contributed by atoms with E-state index < -0.39 is 0 Å². The zero-order chi connectivity index (χ0) is 2.71. The molecule has 0 unspecified atom stereocenters. The van der Waals surface area contributed by atoms with Crippen LogP contribution in [0.3, 0.4) is 0 Å². The predicted molar refractivity (Wildman–Crippen MR) is 40.1 cm³/mol. The fourth-order valence-corrected chi connectivity index (χ4v) is 0. The first kappa shape index (κ1) is 16.1. The quantitative estimate of drug-likeness (QED) is 0.594. The molecule has 36 valence electrons. The topological polar surface area (TPSA) is 0 Å². The molecule has 0 rings (SSSR count). The third-order valence-electron chi connectivity index (χ3n) is 0. The van der Waals surface area contributed by atoms with Gasteiger partial charge in [0.25, 0.3) is 0 Å². The van der Waals surface area contributed by atoms with E-state index >= 15 is 0 Å². The van der Waals surface area contributed by atoms with E-state index in [0.717, 1.165) is 5.33 Å². The molecule has 0 radical (unpaired) electrons. The van der Waals surface area contributed by atoms with Crippen LogP contribution in [-0.4, -0.2) is 5.33 Å². The van der Waals surface area contributed by atoms with E-state index in [1.165, 1.54) is 0 Å². The van der Waals surface area contributed by atoms with Gasteiger partial charge in [-0.2, -0.15) is 0 Å². The summed E-state index contributed by atoms with van der Waals surface area (Å²) in [6.07, 6.45) is 0. The highest BCUT2D eigenvalue weighted by molar-refractivity contribution is 9.09. The average molecular weight is 271 g/mol. The Morgan fingerprint density at radius 2 is 1.40 bits per heavy atom. The van der Waals surface area contributed by atoms with E-state index in [2.05, 4.69) is 15.9 Å². The standard InChI is InChI=1S/C2H5Br.2BrH/c1-2-3;;/h2H2,1H3;2*1H. The second-order valence-corrected chi connectivity index (χ2v) is 1.39. The van der Waals surface area contributed by atoms with Crippen molar-refractivity contribution in [3.05, 3.63) is 0 Å². The van der Waals surface area contributed by atoms with Gasteiger partial charge in [-0.25, -0.2) is 0 Å². The maximum Gasteiger partial charge on any atom is 0.000281 e. The van der Waals surface area contributed by atoms with Gasteiger partial charge >= 0.3 is 0 Å². The summed E-state index contributed by atoms with van der Waals surface area (Å²) in [7, 11) is 0. The van der Waals surface area contributed by atoms with Crippen molar-refractivity contribution in [3.63, 3.8) is 0 Å². The van der Waals surface area contributed by atoms with E-state index in [1.807, 2.05) is 6.92 Å². The Labute approximate surface area is 62.0 Å². The molecule has 0 saturated heterocycles. The Morgan fingerprint density at radius 1 is 1.40 bits per heavy atom. The Bertz CT molecular complexity index is 4.85. The van der Waals surface area contributed by atoms with Gasteiger partial charge in [0, 0.05) is 5.33 Å². The molecule has 5 heavy (non-hydrogen) atoms. The van der Waals surface area contributed by atoms with Gasteiger partial charge in [-0.05, 0) is 0 Å². The van der Waals surface area contributed by atoms with E-state index in [-0.39, 0.29) is 34.0 Å². The van der Waals surface area contributed by atoms with Gasteiger partial charge < -0.3 is 0 Å². The highest BCUT2D eigenvalue weighted by Gasteiger charge is 1.38. The molecule has 0 aromatic carbocycles. The monoisotopic (exact) mass is 268 g/mol.